The minimum Gasteiger partial charge on any atom is -0.497 e. The molecule has 5 rings (SSSR count). The molecule has 3 atom stereocenters. The molecule has 7 heteroatoms. The second-order valence-corrected chi connectivity index (χ2v) is 9.24. The number of hydrogen-bond acceptors (Lipinski definition) is 4. The number of halogens is 1. The maximum Gasteiger partial charge on any atom is 0.251 e. The number of benzene rings is 1. The van der Waals surface area contributed by atoms with Crippen LogP contribution in [0.4, 0.5) is 0 Å². The van der Waals surface area contributed by atoms with E-state index >= 15 is 0 Å². The molecule has 0 unspecified atom stereocenters. The zero-order valence-electron chi connectivity index (χ0n) is 18.5. The van der Waals surface area contributed by atoms with Gasteiger partial charge in [-0.05, 0) is 68.5 Å². The first-order chi connectivity index (χ1) is 15.1. The molecular weight excluding hydrogens is 426 g/mol. The number of nitrogens with one attached hydrogen (secondary N) is 1. The fourth-order valence-corrected chi connectivity index (χ4v) is 5.85. The van der Waals surface area contributed by atoms with Gasteiger partial charge in [-0.1, -0.05) is 18.2 Å². The molecule has 1 aromatic carbocycles. The first-order valence-corrected chi connectivity index (χ1v) is 11.5. The Balaban J connectivity index is 0.00000245. The molecular formula is C25H32ClN3O3. The molecule has 0 aliphatic carbocycles. The summed E-state index contributed by atoms with van der Waals surface area (Å²) in [6, 6.07) is 13.8. The molecule has 32 heavy (non-hydrogen) atoms. The Kier molecular flexibility index (Phi) is 6.91. The van der Waals surface area contributed by atoms with Crippen LogP contribution >= 0.6 is 12.4 Å². The largest absolute Gasteiger partial charge is 0.497 e. The van der Waals surface area contributed by atoms with Crippen molar-refractivity contribution >= 4 is 18.3 Å². The third-order valence-corrected chi connectivity index (χ3v) is 7.38. The number of piperidine rings is 2. The number of likely N-dealkylation sites (tertiary alicyclic amines) is 1. The monoisotopic (exact) mass is 457 g/mol. The smallest absolute Gasteiger partial charge is 0.251 e. The van der Waals surface area contributed by atoms with E-state index in [9.17, 15) is 9.59 Å². The zero-order chi connectivity index (χ0) is 21.4. The number of fused-ring (bicyclic) bond motifs is 4. The summed E-state index contributed by atoms with van der Waals surface area (Å²) in [5.74, 6) is 1.79. The van der Waals surface area contributed by atoms with Crippen molar-refractivity contribution in [1.82, 2.24) is 14.8 Å². The lowest BCUT2D eigenvalue weighted by Crippen LogP contribution is -2.53. The van der Waals surface area contributed by atoms with Gasteiger partial charge >= 0.3 is 0 Å². The van der Waals surface area contributed by atoms with E-state index in [1.807, 2.05) is 22.8 Å². The number of ether oxygens (including phenoxy) is 1. The van der Waals surface area contributed by atoms with Crippen LogP contribution in [0.1, 0.15) is 42.5 Å². The predicted molar refractivity (Wildman–Crippen MR) is 127 cm³/mol. The van der Waals surface area contributed by atoms with Crippen LogP contribution in [-0.2, 0) is 11.2 Å². The molecule has 1 amide bonds. The standard InChI is InChI=1S/C25H31N3O3.ClH/c1-31-21-5-2-4-17(12-21)13-23-20-14-19(22-6-3-7-24(29)28(22)23)15-27(16-20)25(30)18-8-10-26-11-9-18;/h2-7,12,18-20,23,26H,8-11,13-16H2,1H3;1H/t19-,20+,23+;/m1./s1. The van der Waals surface area contributed by atoms with Crippen molar-refractivity contribution in [3.8, 4) is 5.75 Å². The van der Waals surface area contributed by atoms with Crippen molar-refractivity contribution < 1.29 is 9.53 Å². The van der Waals surface area contributed by atoms with Crippen molar-refractivity contribution in [1.29, 1.82) is 0 Å². The lowest BCUT2D eigenvalue weighted by atomic mass is 9.76. The van der Waals surface area contributed by atoms with Crippen molar-refractivity contribution in [3.63, 3.8) is 0 Å². The second kappa shape index (κ2) is 9.67. The summed E-state index contributed by atoms with van der Waals surface area (Å²) in [6.07, 6.45) is 3.65. The number of pyridine rings is 1. The number of carbonyl (C=O) groups excluding carboxylic acids is 1. The van der Waals surface area contributed by atoms with Gasteiger partial charge in [-0.2, -0.15) is 0 Å². The Morgan fingerprint density at radius 3 is 2.69 bits per heavy atom. The molecule has 172 valence electrons. The van der Waals surface area contributed by atoms with Gasteiger partial charge in [0, 0.05) is 42.7 Å². The van der Waals surface area contributed by atoms with Crippen LogP contribution in [0.3, 0.4) is 0 Å². The highest BCUT2D eigenvalue weighted by Crippen LogP contribution is 2.43. The predicted octanol–water partition coefficient (Wildman–Crippen LogP) is 3.01. The molecule has 1 N–H and O–H groups in total. The van der Waals surface area contributed by atoms with E-state index in [0.29, 0.717) is 5.91 Å². The fraction of sp³-hybridized carbons (Fsp3) is 0.520. The maximum absolute atomic E-state index is 13.3. The van der Waals surface area contributed by atoms with Gasteiger partial charge in [0.2, 0.25) is 5.91 Å². The van der Waals surface area contributed by atoms with Crippen LogP contribution in [0.2, 0.25) is 0 Å². The van der Waals surface area contributed by atoms with Crippen LogP contribution in [0, 0.1) is 11.8 Å². The number of methoxy groups -OCH3 is 1. The van der Waals surface area contributed by atoms with Crippen LogP contribution in [0.5, 0.6) is 5.75 Å². The zero-order valence-corrected chi connectivity index (χ0v) is 19.4. The van der Waals surface area contributed by atoms with E-state index in [1.165, 1.54) is 0 Å². The van der Waals surface area contributed by atoms with Crippen molar-refractivity contribution in [2.75, 3.05) is 33.3 Å². The van der Waals surface area contributed by atoms with Gasteiger partial charge in [-0.3, -0.25) is 9.59 Å². The fourth-order valence-electron chi connectivity index (χ4n) is 5.85. The Morgan fingerprint density at radius 1 is 1.12 bits per heavy atom. The molecule has 0 saturated carbocycles. The first kappa shape index (κ1) is 22.9. The number of amides is 1. The Morgan fingerprint density at radius 2 is 1.91 bits per heavy atom. The summed E-state index contributed by atoms with van der Waals surface area (Å²) in [5.41, 5.74) is 2.31. The number of hydrogen-bond donors (Lipinski definition) is 1. The van der Waals surface area contributed by atoms with Crippen molar-refractivity contribution in [2.45, 2.75) is 37.6 Å². The third kappa shape index (κ3) is 4.30. The lowest BCUT2D eigenvalue weighted by Gasteiger charge is -2.48. The highest BCUT2D eigenvalue weighted by molar-refractivity contribution is 5.85. The Labute approximate surface area is 195 Å². The molecule has 0 radical (unpaired) electrons. The van der Waals surface area contributed by atoms with Gasteiger partial charge in [0.05, 0.1) is 7.11 Å². The minimum atomic E-state index is 0. The molecule has 3 aliphatic rings. The van der Waals surface area contributed by atoms with Gasteiger partial charge < -0.3 is 19.5 Å². The van der Waals surface area contributed by atoms with Gasteiger partial charge in [-0.25, -0.2) is 0 Å². The summed E-state index contributed by atoms with van der Waals surface area (Å²) < 4.78 is 7.43. The first-order valence-electron chi connectivity index (χ1n) is 11.5. The summed E-state index contributed by atoms with van der Waals surface area (Å²) >= 11 is 0. The second-order valence-electron chi connectivity index (χ2n) is 9.24. The van der Waals surface area contributed by atoms with Crippen molar-refractivity contribution in [3.05, 3.63) is 64.1 Å². The van der Waals surface area contributed by atoms with E-state index in [1.54, 1.807) is 13.2 Å². The van der Waals surface area contributed by atoms with Crippen LogP contribution in [0.25, 0.3) is 0 Å². The number of carbonyl (C=O) groups is 1. The summed E-state index contributed by atoms with van der Waals surface area (Å²) in [4.78, 5) is 28.4. The van der Waals surface area contributed by atoms with E-state index in [-0.39, 0.29) is 41.8 Å². The molecule has 2 bridgehead atoms. The normalized spacial score (nSPS) is 24.9. The maximum atomic E-state index is 13.3. The molecule has 2 aromatic rings. The summed E-state index contributed by atoms with van der Waals surface area (Å²) in [5, 5.41) is 3.36. The van der Waals surface area contributed by atoms with Crippen LogP contribution in [0.15, 0.2) is 47.3 Å². The van der Waals surface area contributed by atoms with E-state index in [2.05, 4.69) is 28.4 Å². The van der Waals surface area contributed by atoms with Crippen LogP contribution in [-0.4, -0.2) is 48.7 Å². The third-order valence-electron chi connectivity index (χ3n) is 7.38. The average molecular weight is 458 g/mol. The van der Waals surface area contributed by atoms with Crippen LogP contribution < -0.4 is 15.6 Å². The number of rotatable bonds is 4. The van der Waals surface area contributed by atoms with E-state index in [4.69, 9.17) is 4.74 Å². The molecule has 6 nitrogen and oxygen atoms in total. The highest BCUT2D eigenvalue weighted by Gasteiger charge is 2.42. The summed E-state index contributed by atoms with van der Waals surface area (Å²) in [6.45, 7) is 3.32. The van der Waals surface area contributed by atoms with Gasteiger partial charge in [-0.15, -0.1) is 12.4 Å². The molecule has 2 saturated heterocycles. The average Bonchev–Trinajstić information content (AvgIpc) is 2.82. The number of aromatic nitrogens is 1. The van der Waals surface area contributed by atoms with Crippen molar-refractivity contribution in [2.24, 2.45) is 11.8 Å². The SMILES string of the molecule is COc1cccc(C[C@H]2[C@H]3C[C@H](CN(C(=O)C4CCNCC4)C3)c3cccc(=O)n32)c1.Cl. The number of nitrogens with zero attached hydrogens (tertiary/aromatic N) is 2. The minimum absolute atomic E-state index is 0. The quantitative estimate of drug-likeness (QED) is 0.766. The van der Waals surface area contributed by atoms with E-state index < -0.39 is 0 Å². The van der Waals surface area contributed by atoms with Gasteiger partial charge in [0.25, 0.3) is 5.56 Å². The lowest BCUT2D eigenvalue weighted by molar-refractivity contribution is -0.139. The Bertz CT molecular complexity index is 1020. The molecule has 4 heterocycles. The Hall–Kier alpha value is -2.31. The molecule has 0 spiro atoms. The molecule has 2 fully saturated rings. The van der Waals surface area contributed by atoms with E-state index in [0.717, 1.165) is 68.9 Å². The molecule has 1 aromatic heterocycles. The van der Waals surface area contributed by atoms with Gasteiger partial charge in [0.15, 0.2) is 0 Å². The van der Waals surface area contributed by atoms with Gasteiger partial charge in [0.1, 0.15) is 5.75 Å². The summed E-state index contributed by atoms with van der Waals surface area (Å²) in [7, 11) is 1.68. The molecule has 3 aliphatic heterocycles. The topological polar surface area (TPSA) is 63.6 Å². The highest BCUT2D eigenvalue weighted by atomic mass is 35.5.